The fourth-order valence-corrected chi connectivity index (χ4v) is 1.82. The molecule has 0 amide bonds. The zero-order valence-electron chi connectivity index (χ0n) is 8.79. The Hall–Kier alpha value is -1.06. The second kappa shape index (κ2) is 5.52. The molecular formula is C13H9BrClFO. The summed E-state index contributed by atoms with van der Waals surface area (Å²) < 4.78 is 19.6. The zero-order chi connectivity index (χ0) is 12.3. The predicted molar refractivity (Wildman–Crippen MR) is 69.9 cm³/mol. The molecule has 0 aromatic heterocycles. The molecule has 0 fully saturated rings. The fraction of sp³-hybridized carbons (Fsp3) is 0.0769. The van der Waals surface area contributed by atoms with Gasteiger partial charge in [-0.2, -0.15) is 0 Å². The number of hydrogen-bond donors (Lipinski definition) is 0. The van der Waals surface area contributed by atoms with E-state index in [-0.39, 0.29) is 10.8 Å². The first-order valence-electron chi connectivity index (χ1n) is 4.98. The summed E-state index contributed by atoms with van der Waals surface area (Å²) in [7, 11) is 0. The smallest absolute Gasteiger partial charge is 0.184 e. The normalized spacial score (nSPS) is 10.3. The van der Waals surface area contributed by atoms with Gasteiger partial charge in [-0.1, -0.05) is 41.9 Å². The van der Waals surface area contributed by atoms with Gasteiger partial charge in [0.1, 0.15) is 6.61 Å². The monoisotopic (exact) mass is 314 g/mol. The number of halogens is 3. The molecule has 2 aromatic carbocycles. The van der Waals surface area contributed by atoms with Crippen molar-refractivity contribution < 1.29 is 9.13 Å². The topological polar surface area (TPSA) is 9.23 Å². The average Bonchev–Trinajstić information content (AvgIpc) is 2.36. The van der Waals surface area contributed by atoms with Crippen LogP contribution in [0.25, 0.3) is 0 Å². The molecule has 0 atom stereocenters. The van der Waals surface area contributed by atoms with E-state index in [1.807, 2.05) is 30.3 Å². The summed E-state index contributed by atoms with van der Waals surface area (Å²) in [6.07, 6.45) is 0. The molecular weight excluding hydrogens is 306 g/mol. The SMILES string of the molecule is Fc1c(OCc2ccccc2)ccc(Br)c1Cl. The molecule has 0 aliphatic carbocycles. The lowest BCUT2D eigenvalue weighted by Gasteiger charge is -2.08. The number of ether oxygens (including phenoxy) is 1. The molecule has 2 aromatic rings. The molecule has 0 heterocycles. The van der Waals surface area contributed by atoms with Crippen LogP contribution in [0.2, 0.25) is 5.02 Å². The van der Waals surface area contributed by atoms with E-state index in [9.17, 15) is 4.39 Å². The molecule has 0 aliphatic heterocycles. The molecule has 0 saturated heterocycles. The van der Waals surface area contributed by atoms with Crippen molar-refractivity contribution in [1.29, 1.82) is 0 Å². The zero-order valence-corrected chi connectivity index (χ0v) is 11.1. The molecule has 4 heteroatoms. The molecule has 88 valence electrons. The van der Waals surface area contributed by atoms with Crippen molar-refractivity contribution in [3.05, 3.63) is 63.3 Å². The van der Waals surface area contributed by atoms with Crippen LogP contribution >= 0.6 is 27.5 Å². The van der Waals surface area contributed by atoms with E-state index in [1.165, 1.54) is 0 Å². The van der Waals surface area contributed by atoms with E-state index in [1.54, 1.807) is 12.1 Å². The highest BCUT2D eigenvalue weighted by atomic mass is 79.9. The van der Waals surface area contributed by atoms with Crippen molar-refractivity contribution in [3.63, 3.8) is 0 Å². The molecule has 17 heavy (non-hydrogen) atoms. The van der Waals surface area contributed by atoms with Crippen LogP contribution in [0.3, 0.4) is 0 Å². The third kappa shape index (κ3) is 2.99. The van der Waals surface area contributed by atoms with Crippen LogP contribution in [0.15, 0.2) is 46.9 Å². The molecule has 2 rings (SSSR count). The minimum atomic E-state index is -0.544. The fourth-order valence-electron chi connectivity index (χ4n) is 1.35. The van der Waals surface area contributed by atoms with E-state index in [0.717, 1.165) is 5.56 Å². The lowest BCUT2D eigenvalue weighted by Crippen LogP contribution is -1.97. The van der Waals surface area contributed by atoms with Crippen molar-refractivity contribution in [2.24, 2.45) is 0 Å². The van der Waals surface area contributed by atoms with E-state index >= 15 is 0 Å². The van der Waals surface area contributed by atoms with Crippen LogP contribution in [0.1, 0.15) is 5.56 Å². The van der Waals surface area contributed by atoms with Crippen molar-refractivity contribution in [2.75, 3.05) is 0 Å². The molecule has 1 nitrogen and oxygen atoms in total. The van der Waals surface area contributed by atoms with Gasteiger partial charge < -0.3 is 4.74 Å². The van der Waals surface area contributed by atoms with E-state index in [2.05, 4.69) is 15.9 Å². The quantitative estimate of drug-likeness (QED) is 0.738. The summed E-state index contributed by atoms with van der Waals surface area (Å²) in [6, 6.07) is 12.8. The first-order chi connectivity index (χ1) is 8.18. The Labute approximate surface area is 112 Å². The van der Waals surface area contributed by atoms with Crippen LogP contribution in [-0.4, -0.2) is 0 Å². The van der Waals surface area contributed by atoms with Gasteiger partial charge in [0.2, 0.25) is 0 Å². The van der Waals surface area contributed by atoms with Crippen molar-refractivity contribution >= 4 is 27.5 Å². The highest BCUT2D eigenvalue weighted by Gasteiger charge is 2.11. The Kier molecular flexibility index (Phi) is 4.02. The number of hydrogen-bond acceptors (Lipinski definition) is 1. The predicted octanol–water partition coefficient (Wildman–Crippen LogP) is 4.82. The van der Waals surface area contributed by atoms with Crippen LogP contribution in [0.5, 0.6) is 5.75 Å². The van der Waals surface area contributed by atoms with Gasteiger partial charge in [-0.15, -0.1) is 0 Å². The van der Waals surface area contributed by atoms with Crippen molar-refractivity contribution in [2.45, 2.75) is 6.61 Å². The summed E-state index contributed by atoms with van der Waals surface area (Å²) in [5.74, 6) is -0.390. The standard InChI is InChI=1S/C13H9BrClFO/c14-10-6-7-11(13(16)12(10)15)17-8-9-4-2-1-3-5-9/h1-7H,8H2. The van der Waals surface area contributed by atoms with Gasteiger partial charge in [0.15, 0.2) is 11.6 Å². The summed E-state index contributed by atoms with van der Waals surface area (Å²) in [5, 5.41) is 0.0376. The molecule has 0 unspecified atom stereocenters. The Bertz CT molecular complexity index is 516. The van der Waals surface area contributed by atoms with Crippen LogP contribution < -0.4 is 4.74 Å². The molecule has 0 aliphatic rings. The minimum Gasteiger partial charge on any atom is -0.486 e. The number of rotatable bonds is 3. The highest BCUT2D eigenvalue weighted by Crippen LogP contribution is 2.31. The molecule has 0 radical (unpaired) electrons. The Morgan fingerprint density at radius 3 is 2.53 bits per heavy atom. The second-order valence-corrected chi connectivity index (χ2v) is 4.68. The lowest BCUT2D eigenvalue weighted by atomic mass is 10.2. The maximum atomic E-state index is 13.7. The van der Waals surface area contributed by atoms with E-state index in [0.29, 0.717) is 11.1 Å². The Morgan fingerprint density at radius 2 is 1.82 bits per heavy atom. The first kappa shape index (κ1) is 12.4. The van der Waals surface area contributed by atoms with Gasteiger partial charge in [-0.3, -0.25) is 0 Å². The summed E-state index contributed by atoms with van der Waals surface area (Å²) in [5.41, 5.74) is 0.978. The lowest BCUT2D eigenvalue weighted by molar-refractivity contribution is 0.290. The molecule has 0 spiro atoms. The second-order valence-electron chi connectivity index (χ2n) is 3.45. The Balaban J connectivity index is 2.13. The van der Waals surface area contributed by atoms with E-state index in [4.69, 9.17) is 16.3 Å². The largest absolute Gasteiger partial charge is 0.486 e. The first-order valence-corrected chi connectivity index (χ1v) is 6.16. The molecule has 0 saturated carbocycles. The van der Waals surface area contributed by atoms with E-state index < -0.39 is 5.82 Å². The van der Waals surface area contributed by atoms with Gasteiger partial charge in [-0.05, 0) is 33.6 Å². The average molecular weight is 316 g/mol. The summed E-state index contributed by atoms with van der Waals surface area (Å²) in [4.78, 5) is 0. The summed E-state index contributed by atoms with van der Waals surface area (Å²) >= 11 is 8.91. The van der Waals surface area contributed by atoms with Gasteiger partial charge >= 0.3 is 0 Å². The maximum absolute atomic E-state index is 13.7. The molecule has 0 bridgehead atoms. The molecule has 0 N–H and O–H groups in total. The summed E-state index contributed by atoms with van der Waals surface area (Å²) in [6.45, 7) is 0.315. The van der Waals surface area contributed by atoms with Crippen LogP contribution in [0.4, 0.5) is 4.39 Å². The van der Waals surface area contributed by atoms with Gasteiger partial charge in [0, 0.05) is 4.47 Å². The van der Waals surface area contributed by atoms with Crippen molar-refractivity contribution in [3.8, 4) is 5.75 Å². The highest BCUT2D eigenvalue weighted by molar-refractivity contribution is 9.10. The third-order valence-electron chi connectivity index (χ3n) is 2.24. The van der Waals surface area contributed by atoms with Crippen LogP contribution in [-0.2, 0) is 6.61 Å². The van der Waals surface area contributed by atoms with Gasteiger partial charge in [0.05, 0.1) is 5.02 Å². The van der Waals surface area contributed by atoms with Gasteiger partial charge in [0.25, 0.3) is 0 Å². The minimum absolute atomic E-state index is 0.0376. The number of benzene rings is 2. The Morgan fingerprint density at radius 1 is 1.12 bits per heavy atom. The maximum Gasteiger partial charge on any atom is 0.184 e. The van der Waals surface area contributed by atoms with Crippen LogP contribution in [0, 0.1) is 5.82 Å². The third-order valence-corrected chi connectivity index (χ3v) is 3.50. The van der Waals surface area contributed by atoms with Crippen molar-refractivity contribution in [1.82, 2.24) is 0 Å². The van der Waals surface area contributed by atoms with Gasteiger partial charge in [-0.25, -0.2) is 4.39 Å².